The Morgan fingerprint density at radius 2 is 1.30 bits per heavy atom. The molecule has 3 heteroatoms. The minimum Gasteiger partial charge on any atom is -0.491 e. The lowest BCUT2D eigenvalue weighted by Gasteiger charge is -2.41. The van der Waals surface area contributed by atoms with Crippen LogP contribution in [0.25, 0.3) is 0 Å². The van der Waals surface area contributed by atoms with Gasteiger partial charge < -0.3 is 4.74 Å². The van der Waals surface area contributed by atoms with E-state index >= 15 is 0 Å². The summed E-state index contributed by atoms with van der Waals surface area (Å²) in [5, 5.41) is 0. The molecule has 0 radical (unpaired) electrons. The van der Waals surface area contributed by atoms with Crippen molar-refractivity contribution in [1.82, 2.24) is 0 Å². The second-order valence-corrected chi connectivity index (χ2v) is 11.2. The standard InChI is InChI=1S/C30H44F2O/c1-3-21-5-10-23(11-6-21)25-15-17-26(18-16-25)24-12-7-22(8-13-24)9-14-27-19-20-28(33-4-2)30(32)29(27)31/h3,19-26H,1,4-18H2,2H3. The average Bonchev–Trinajstić information content (AvgIpc) is 2.87. The molecular weight excluding hydrogens is 414 g/mol. The third-order valence-corrected chi connectivity index (χ3v) is 9.44. The molecule has 184 valence electrons. The van der Waals surface area contributed by atoms with Crippen LogP contribution in [0.4, 0.5) is 8.78 Å². The van der Waals surface area contributed by atoms with Crippen molar-refractivity contribution < 1.29 is 13.5 Å². The first kappa shape index (κ1) is 24.7. The van der Waals surface area contributed by atoms with Crippen molar-refractivity contribution in [3.05, 3.63) is 42.0 Å². The lowest BCUT2D eigenvalue weighted by Crippen LogP contribution is -2.29. The maximum Gasteiger partial charge on any atom is 0.200 e. The van der Waals surface area contributed by atoms with Gasteiger partial charge >= 0.3 is 0 Å². The molecule has 0 amide bonds. The fraction of sp³-hybridized carbons (Fsp3) is 0.733. The van der Waals surface area contributed by atoms with E-state index in [0.717, 1.165) is 36.0 Å². The van der Waals surface area contributed by atoms with E-state index < -0.39 is 11.6 Å². The summed E-state index contributed by atoms with van der Waals surface area (Å²) in [5.74, 6) is 3.70. The van der Waals surface area contributed by atoms with Gasteiger partial charge in [-0.3, -0.25) is 0 Å². The number of aryl methyl sites for hydroxylation is 1. The monoisotopic (exact) mass is 458 g/mol. The Bertz CT molecular complexity index is 751. The lowest BCUT2D eigenvalue weighted by molar-refractivity contribution is 0.107. The Morgan fingerprint density at radius 1 is 0.788 bits per heavy atom. The van der Waals surface area contributed by atoms with Gasteiger partial charge in [0.25, 0.3) is 0 Å². The quantitative estimate of drug-likeness (QED) is 0.353. The summed E-state index contributed by atoms with van der Waals surface area (Å²) in [6.45, 7) is 6.12. The smallest absolute Gasteiger partial charge is 0.200 e. The molecule has 3 aliphatic carbocycles. The van der Waals surface area contributed by atoms with Gasteiger partial charge in [0.2, 0.25) is 5.82 Å². The van der Waals surface area contributed by atoms with Gasteiger partial charge in [-0.1, -0.05) is 25.0 Å². The lowest BCUT2D eigenvalue weighted by atomic mass is 9.65. The van der Waals surface area contributed by atoms with Gasteiger partial charge in [-0.2, -0.15) is 4.39 Å². The topological polar surface area (TPSA) is 9.23 Å². The summed E-state index contributed by atoms with van der Waals surface area (Å²) >= 11 is 0. The Hall–Kier alpha value is -1.38. The van der Waals surface area contributed by atoms with Crippen molar-refractivity contribution in [2.75, 3.05) is 6.61 Å². The molecule has 3 aliphatic rings. The third kappa shape index (κ3) is 6.20. The molecular formula is C30H44F2O. The first-order valence-electron chi connectivity index (χ1n) is 13.8. The number of benzene rings is 1. The second-order valence-electron chi connectivity index (χ2n) is 11.2. The van der Waals surface area contributed by atoms with Crippen LogP contribution in [0.3, 0.4) is 0 Å². The SMILES string of the molecule is C=CC1CCC(C2CCC(C3CCC(CCc4ccc(OCC)c(F)c4F)CC3)CC2)CC1. The van der Waals surface area contributed by atoms with Crippen molar-refractivity contribution in [2.45, 2.75) is 96.8 Å². The van der Waals surface area contributed by atoms with Gasteiger partial charge in [-0.25, -0.2) is 4.39 Å². The Labute approximate surface area is 200 Å². The highest BCUT2D eigenvalue weighted by Crippen LogP contribution is 2.46. The van der Waals surface area contributed by atoms with E-state index in [1.165, 1.54) is 77.0 Å². The van der Waals surface area contributed by atoms with Crippen LogP contribution in [0, 0.1) is 47.1 Å². The summed E-state index contributed by atoms with van der Waals surface area (Å²) in [6.07, 6.45) is 20.4. The molecule has 3 saturated carbocycles. The maximum absolute atomic E-state index is 14.4. The second kappa shape index (κ2) is 11.8. The molecule has 1 nitrogen and oxygen atoms in total. The molecule has 0 N–H and O–H groups in total. The van der Waals surface area contributed by atoms with Gasteiger partial charge in [-0.15, -0.1) is 6.58 Å². The van der Waals surface area contributed by atoms with E-state index in [-0.39, 0.29) is 5.75 Å². The number of ether oxygens (including phenoxy) is 1. The predicted octanol–water partition coefficient (Wildman–Crippen LogP) is 8.90. The van der Waals surface area contributed by atoms with Crippen LogP contribution < -0.4 is 4.74 Å². The van der Waals surface area contributed by atoms with Crippen LogP contribution in [-0.2, 0) is 6.42 Å². The van der Waals surface area contributed by atoms with Crippen LogP contribution in [-0.4, -0.2) is 6.61 Å². The van der Waals surface area contributed by atoms with Crippen LogP contribution in [0.1, 0.15) is 96.0 Å². The third-order valence-electron chi connectivity index (χ3n) is 9.44. The van der Waals surface area contributed by atoms with E-state index in [9.17, 15) is 8.78 Å². The van der Waals surface area contributed by atoms with Crippen molar-refractivity contribution in [3.8, 4) is 5.75 Å². The zero-order valence-electron chi connectivity index (χ0n) is 20.7. The number of allylic oxidation sites excluding steroid dienone is 1. The van der Waals surface area contributed by atoms with E-state index in [4.69, 9.17) is 4.74 Å². The first-order valence-corrected chi connectivity index (χ1v) is 13.8. The Kier molecular flexibility index (Phi) is 8.88. The summed E-state index contributed by atoms with van der Waals surface area (Å²) in [4.78, 5) is 0. The van der Waals surface area contributed by atoms with Crippen molar-refractivity contribution in [2.24, 2.45) is 35.5 Å². The van der Waals surface area contributed by atoms with Crippen LogP contribution in [0.5, 0.6) is 5.75 Å². The minimum atomic E-state index is -0.831. The first-order chi connectivity index (χ1) is 16.1. The van der Waals surface area contributed by atoms with Crippen molar-refractivity contribution in [1.29, 1.82) is 0 Å². The molecule has 0 heterocycles. The average molecular weight is 459 g/mol. The Morgan fingerprint density at radius 3 is 1.82 bits per heavy atom. The molecule has 0 aliphatic heterocycles. The predicted molar refractivity (Wildman–Crippen MR) is 132 cm³/mol. The van der Waals surface area contributed by atoms with Crippen molar-refractivity contribution >= 4 is 0 Å². The number of hydrogen-bond donors (Lipinski definition) is 0. The minimum absolute atomic E-state index is 0.0263. The summed E-state index contributed by atoms with van der Waals surface area (Å²) in [6, 6.07) is 3.28. The van der Waals surface area contributed by atoms with Gasteiger partial charge in [0.1, 0.15) is 0 Å². The van der Waals surface area contributed by atoms with E-state index in [2.05, 4.69) is 12.7 Å². The molecule has 33 heavy (non-hydrogen) atoms. The number of hydrogen-bond acceptors (Lipinski definition) is 1. The molecule has 1 aromatic rings. The summed E-state index contributed by atoms with van der Waals surface area (Å²) in [7, 11) is 0. The largest absolute Gasteiger partial charge is 0.491 e. The molecule has 0 atom stereocenters. The zero-order chi connectivity index (χ0) is 23.2. The molecule has 4 rings (SSSR count). The highest BCUT2D eigenvalue weighted by molar-refractivity contribution is 5.31. The highest BCUT2D eigenvalue weighted by atomic mass is 19.2. The fourth-order valence-electron chi connectivity index (χ4n) is 7.28. The zero-order valence-corrected chi connectivity index (χ0v) is 20.7. The van der Waals surface area contributed by atoms with Crippen LogP contribution in [0.2, 0.25) is 0 Å². The van der Waals surface area contributed by atoms with E-state index in [1.54, 1.807) is 19.1 Å². The molecule has 0 spiro atoms. The number of halogens is 2. The van der Waals surface area contributed by atoms with Crippen molar-refractivity contribution in [3.63, 3.8) is 0 Å². The maximum atomic E-state index is 14.4. The summed E-state index contributed by atoms with van der Waals surface area (Å²) < 4.78 is 33.7. The van der Waals surface area contributed by atoms with E-state index in [0.29, 0.717) is 24.5 Å². The fourth-order valence-corrected chi connectivity index (χ4v) is 7.28. The summed E-state index contributed by atoms with van der Waals surface area (Å²) in [5.41, 5.74) is 0.499. The number of rotatable bonds is 8. The normalized spacial score (nSPS) is 32.9. The molecule has 1 aromatic carbocycles. The molecule has 3 fully saturated rings. The molecule has 0 saturated heterocycles. The molecule has 0 bridgehead atoms. The molecule has 0 unspecified atom stereocenters. The van der Waals surface area contributed by atoms with Gasteiger partial charge in [0, 0.05) is 0 Å². The van der Waals surface area contributed by atoms with Gasteiger partial charge in [0.05, 0.1) is 6.61 Å². The van der Waals surface area contributed by atoms with Crippen LogP contribution >= 0.6 is 0 Å². The molecule has 0 aromatic heterocycles. The van der Waals surface area contributed by atoms with Gasteiger partial charge in [0.15, 0.2) is 11.6 Å². The Balaban J connectivity index is 1.17. The highest BCUT2D eigenvalue weighted by Gasteiger charge is 2.34. The van der Waals surface area contributed by atoms with Gasteiger partial charge in [-0.05, 0) is 131 Å². The van der Waals surface area contributed by atoms with E-state index in [1.807, 2.05) is 0 Å². The van der Waals surface area contributed by atoms with Crippen LogP contribution in [0.15, 0.2) is 24.8 Å².